The molecule has 174 valence electrons. The lowest BCUT2D eigenvalue weighted by Crippen LogP contribution is -2.33. The molecule has 7 nitrogen and oxygen atoms in total. The van der Waals surface area contributed by atoms with E-state index in [1.165, 1.54) is 24.8 Å². The molecule has 2 aliphatic rings. The molecule has 1 aliphatic heterocycles. The van der Waals surface area contributed by atoms with Gasteiger partial charge < -0.3 is 14.3 Å². The minimum atomic E-state index is 0.201. The molecule has 3 heterocycles. The summed E-state index contributed by atoms with van der Waals surface area (Å²) < 4.78 is 7.91. The van der Waals surface area contributed by atoms with Gasteiger partial charge in [-0.05, 0) is 30.5 Å². The van der Waals surface area contributed by atoms with Crippen molar-refractivity contribution < 1.29 is 9.21 Å². The highest BCUT2D eigenvalue weighted by molar-refractivity contribution is 5.78. The highest BCUT2D eigenvalue weighted by Crippen LogP contribution is 2.26. The smallest absolute Gasteiger partial charge is 0.223 e. The fourth-order valence-electron chi connectivity index (χ4n) is 5.15. The number of amides is 1. The zero-order chi connectivity index (χ0) is 22.5. The van der Waals surface area contributed by atoms with Gasteiger partial charge in [0, 0.05) is 57.0 Å². The Labute approximate surface area is 195 Å². The summed E-state index contributed by atoms with van der Waals surface area (Å²) in [6.45, 7) is 4.27. The van der Waals surface area contributed by atoms with Crippen LogP contribution in [0.1, 0.15) is 49.3 Å². The van der Waals surface area contributed by atoms with Crippen LogP contribution in [0.2, 0.25) is 0 Å². The summed E-state index contributed by atoms with van der Waals surface area (Å²) >= 11 is 0. The van der Waals surface area contributed by atoms with Gasteiger partial charge in [0.1, 0.15) is 17.4 Å². The summed E-state index contributed by atoms with van der Waals surface area (Å²) in [4.78, 5) is 14.9. The number of hydrogen-bond acceptors (Lipinski definition) is 5. The Balaban J connectivity index is 1.17. The van der Waals surface area contributed by atoms with Gasteiger partial charge in [0.15, 0.2) is 0 Å². The number of rotatable bonds is 7. The SMILES string of the molecule is O=C(NCCc1nnc2n1CCN(Cc1ccccc1-c1ccco1)CC2)C1CCCCC1. The van der Waals surface area contributed by atoms with Crippen molar-refractivity contribution >= 4 is 5.91 Å². The Kier molecular flexibility index (Phi) is 6.86. The van der Waals surface area contributed by atoms with Gasteiger partial charge >= 0.3 is 0 Å². The highest BCUT2D eigenvalue weighted by Gasteiger charge is 2.22. The molecule has 1 saturated carbocycles. The van der Waals surface area contributed by atoms with Gasteiger partial charge in [-0.25, -0.2) is 0 Å². The summed E-state index contributed by atoms with van der Waals surface area (Å²) in [5.41, 5.74) is 2.43. The maximum absolute atomic E-state index is 12.4. The molecule has 1 N–H and O–H groups in total. The molecule has 2 aromatic heterocycles. The van der Waals surface area contributed by atoms with Crippen molar-refractivity contribution in [2.45, 2.75) is 58.0 Å². The third-order valence-corrected chi connectivity index (χ3v) is 7.02. The van der Waals surface area contributed by atoms with Crippen LogP contribution in [0.5, 0.6) is 0 Å². The van der Waals surface area contributed by atoms with Crippen LogP contribution in [0.15, 0.2) is 47.1 Å². The number of carbonyl (C=O) groups is 1. The largest absolute Gasteiger partial charge is 0.464 e. The van der Waals surface area contributed by atoms with Gasteiger partial charge in [0.05, 0.1) is 6.26 Å². The molecule has 0 atom stereocenters. The maximum atomic E-state index is 12.4. The summed E-state index contributed by atoms with van der Waals surface area (Å²) in [5.74, 6) is 3.35. The monoisotopic (exact) mass is 447 g/mol. The van der Waals surface area contributed by atoms with E-state index in [-0.39, 0.29) is 11.8 Å². The topological polar surface area (TPSA) is 76.2 Å². The molecule has 1 fully saturated rings. The average molecular weight is 448 g/mol. The Morgan fingerprint density at radius 2 is 1.91 bits per heavy atom. The van der Waals surface area contributed by atoms with Crippen LogP contribution in [0.25, 0.3) is 11.3 Å². The van der Waals surface area contributed by atoms with Crippen molar-refractivity contribution in [3.05, 3.63) is 59.9 Å². The maximum Gasteiger partial charge on any atom is 0.223 e. The van der Waals surface area contributed by atoms with Crippen LogP contribution >= 0.6 is 0 Å². The van der Waals surface area contributed by atoms with Gasteiger partial charge in [-0.1, -0.05) is 43.5 Å². The predicted molar refractivity (Wildman–Crippen MR) is 126 cm³/mol. The Hall–Kier alpha value is -2.93. The fourth-order valence-corrected chi connectivity index (χ4v) is 5.15. The van der Waals surface area contributed by atoms with E-state index >= 15 is 0 Å². The summed E-state index contributed by atoms with van der Waals surface area (Å²) in [7, 11) is 0. The van der Waals surface area contributed by atoms with Crippen LogP contribution in [0.3, 0.4) is 0 Å². The third kappa shape index (κ3) is 5.19. The summed E-state index contributed by atoms with van der Waals surface area (Å²) in [6, 6.07) is 12.4. The molecule has 33 heavy (non-hydrogen) atoms. The number of nitrogens with zero attached hydrogens (tertiary/aromatic N) is 4. The van der Waals surface area contributed by atoms with E-state index in [0.29, 0.717) is 6.54 Å². The third-order valence-electron chi connectivity index (χ3n) is 7.02. The van der Waals surface area contributed by atoms with Crippen LogP contribution < -0.4 is 5.32 Å². The second-order valence-corrected chi connectivity index (χ2v) is 9.22. The first kappa shape index (κ1) is 21.9. The van der Waals surface area contributed by atoms with Crippen molar-refractivity contribution in [2.75, 3.05) is 19.6 Å². The van der Waals surface area contributed by atoms with E-state index in [1.807, 2.05) is 12.1 Å². The molecule has 1 aliphatic carbocycles. The molecular weight excluding hydrogens is 414 g/mol. The Morgan fingerprint density at radius 1 is 1.03 bits per heavy atom. The fraction of sp³-hybridized carbons (Fsp3) is 0.500. The van der Waals surface area contributed by atoms with Crippen LogP contribution in [0.4, 0.5) is 0 Å². The van der Waals surface area contributed by atoms with Crippen LogP contribution in [0, 0.1) is 5.92 Å². The Bertz CT molecular complexity index is 1050. The normalized spacial score (nSPS) is 17.5. The molecule has 3 aromatic rings. The zero-order valence-corrected chi connectivity index (χ0v) is 19.2. The first-order chi connectivity index (χ1) is 16.3. The minimum absolute atomic E-state index is 0.201. The number of hydrogen-bond donors (Lipinski definition) is 1. The summed E-state index contributed by atoms with van der Waals surface area (Å²) in [6.07, 6.45) is 9.02. The highest BCUT2D eigenvalue weighted by atomic mass is 16.3. The molecule has 5 rings (SSSR count). The average Bonchev–Trinajstić information content (AvgIpc) is 3.48. The van der Waals surface area contributed by atoms with E-state index in [2.05, 4.69) is 49.2 Å². The lowest BCUT2D eigenvalue weighted by molar-refractivity contribution is -0.125. The molecule has 0 radical (unpaired) electrons. The minimum Gasteiger partial charge on any atom is -0.464 e. The second kappa shape index (κ2) is 10.3. The first-order valence-electron chi connectivity index (χ1n) is 12.3. The number of furan rings is 1. The molecule has 7 heteroatoms. The van der Waals surface area contributed by atoms with E-state index in [1.54, 1.807) is 6.26 Å². The summed E-state index contributed by atoms with van der Waals surface area (Å²) in [5, 5.41) is 12.0. The number of nitrogens with one attached hydrogen (secondary N) is 1. The lowest BCUT2D eigenvalue weighted by atomic mass is 9.89. The molecule has 1 aromatic carbocycles. The van der Waals surface area contributed by atoms with Crippen molar-refractivity contribution in [3.63, 3.8) is 0 Å². The lowest BCUT2D eigenvalue weighted by Gasteiger charge is -2.21. The Morgan fingerprint density at radius 3 is 2.76 bits per heavy atom. The van der Waals surface area contributed by atoms with E-state index in [9.17, 15) is 4.79 Å². The van der Waals surface area contributed by atoms with Crippen LogP contribution in [-0.2, 0) is 30.7 Å². The number of benzene rings is 1. The van der Waals surface area contributed by atoms with E-state index in [4.69, 9.17) is 4.42 Å². The molecular formula is C26H33N5O2. The quantitative estimate of drug-likeness (QED) is 0.596. The van der Waals surface area contributed by atoms with Gasteiger partial charge in [0.25, 0.3) is 0 Å². The first-order valence-corrected chi connectivity index (χ1v) is 12.3. The van der Waals surface area contributed by atoms with Gasteiger partial charge in [-0.15, -0.1) is 10.2 Å². The van der Waals surface area contributed by atoms with Crippen molar-refractivity contribution in [1.29, 1.82) is 0 Å². The van der Waals surface area contributed by atoms with Crippen molar-refractivity contribution in [3.8, 4) is 11.3 Å². The van der Waals surface area contributed by atoms with Gasteiger partial charge in [-0.2, -0.15) is 0 Å². The van der Waals surface area contributed by atoms with Crippen molar-refractivity contribution in [2.24, 2.45) is 5.92 Å². The molecule has 0 spiro atoms. The number of fused-ring (bicyclic) bond motifs is 1. The number of carbonyl (C=O) groups excluding carboxylic acids is 1. The molecule has 1 amide bonds. The van der Waals surface area contributed by atoms with Crippen molar-refractivity contribution in [1.82, 2.24) is 25.0 Å². The predicted octanol–water partition coefficient (Wildman–Crippen LogP) is 3.84. The van der Waals surface area contributed by atoms with Gasteiger partial charge in [0.2, 0.25) is 5.91 Å². The molecule has 0 saturated heterocycles. The van der Waals surface area contributed by atoms with Crippen LogP contribution in [-0.4, -0.2) is 45.2 Å². The zero-order valence-electron chi connectivity index (χ0n) is 19.2. The molecule has 0 bridgehead atoms. The van der Waals surface area contributed by atoms with Gasteiger partial charge in [-0.3, -0.25) is 9.69 Å². The number of aromatic nitrogens is 3. The molecule has 0 unspecified atom stereocenters. The standard InChI is InChI=1S/C26H33N5O2/c32-26(20-7-2-1-3-8-20)27-14-12-24-28-29-25-13-15-30(16-17-31(24)25)19-21-9-4-5-10-22(21)23-11-6-18-33-23/h4-6,9-11,18,20H,1-3,7-8,12-17,19H2,(H,27,32). The second-order valence-electron chi connectivity index (χ2n) is 9.22. The van der Waals surface area contributed by atoms with E-state index < -0.39 is 0 Å². The van der Waals surface area contributed by atoms with E-state index in [0.717, 1.165) is 74.8 Å².